The zero-order valence-electron chi connectivity index (χ0n) is 9.52. The second-order valence-electron chi connectivity index (χ2n) is 4.90. The monoisotopic (exact) mass is 186 g/mol. The Kier molecular flexibility index (Phi) is 3.03. The summed E-state index contributed by atoms with van der Waals surface area (Å²) in [6.07, 6.45) is 2.12. The Balaban J connectivity index is 2.62. The van der Waals surface area contributed by atoms with Crippen molar-refractivity contribution in [2.45, 2.75) is 59.4 Å². The van der Waals surface area contributed by atoms with Crippen molar-refractivity contribution < 1.29 is 9.47 Å². The highest BCUT2D eigenvalue weighted by atomic mass is 16.7. The van der Waals surface area contributed by atoms with E-state index < -0.39 is 0 Å². The summed E-state index contributed by atoms with van der Waals surface area (Å²) in [5.41, 5.74) is 0.187. The van der Waals surface area contributed by atoms with Crippen LogP contribution >= 0.6 is 0 Å². The van der Waals surface area contributed by atoms with Crippen molar-refractivity contribution in [3.63, 3.8) is 0 Å². The maximum atomic E-state index is 5.99. The smallest absolute Gasteiger partial charge is 0.168 e. The lowest BCUT2D eigenvalue weighted by atomic mass is 9.90. The molecule has 78 valence electrons. The molecular weight excluding hydrogens is 164 g/mol. The van der Waals surface area contributed by atoms with Crippen molar-refractivity contribution >= 4 is 0 Å². The van der Waals surface area contributed by atoms with Gasteiger partial charge in [-0.25, -0.2) is 0 Å². The van der Waals surface area contributed by atoms with Crippen LogP contribution in [0.1, 0.15) is 47.5 Å². The average molecular weight is 186 g/mol. The van der Waals surface area contributed by atoms with Crippen LogP contribution in [0.5, 0.6) is 0 Å². The molecule has 1 atom stereocenters. The van der Waals surface area contributed by atoms with Gasteiger partial charge in [-0.05, 0) is 18.3 Å². The first-order valence-electron chi connectivity index (χ1n) is 5.25. The van der Waals surface area contributed by atoms with Gasteiger partial charge >= 0.3 is 0 Å². The standard InChI is InChI=1S/C11H22O2/c1-6-11(7-2)12-8-9(13-11)10(3,4)5/h9H,6-8H2,1-5H3. The average Bonchev–Trinajstić information content (AvgIpc) is 2.48. The molecular formula is C11H22O2. The Hall–Kier alpha value is -0.0800. The van der Waals surface area contributed by atoms with Crippen molar-refractivity contribution in [2.75, 3.05) is 6.61 Å². The third-order valence-corrected chi connectivity index (χ3v) is 2.90. The Labute approximate surface area is 81.6 Å². The fraction of sp³-hybridized carbons (Fsp3) is 1.00. The predicted octanol–water partition coefficient (Wildman–Crippen LogP) is 2.96. The summed E-state index contributed by atoms with van der Waals surface area (Å²) in [4.78, 5) is 0. The minimum absolute atomic E-state index is 0.187. The van der Waals surface area contributed by atoms with Crippen LogP contribution in [0, 0.1) is 5.41 Å². The molecule has 0 aromatic heterocycles. The largest absolute Gasteiger partial charge is 0.347 e. The Morgan fingerprint density at radius 3 is 2.00 bits per heavy atom. The van der Waals surface area contributed by atoms with Crippen LogP contribution in [0.15, 0.2) is 0 Å². The van der Waals surface area contributed by atoms with Gasteiger partial charge < -0.3 is 9.47 Å². The molecule has 2 heteroatoms. The van der Waals surface area contributed by atoms with E-state index in [-0.39, 0.29) is 17.3 Å². The van der Waals surface area contributed by atoms with Crippen LogP contribution in [-0.2, 0) is 9.47 Å². The minimum Gasteiger partial charge on any atom is -0.347 e. The third kappa shape index (κ3) is 2.23. The van der Waals surface area contributed by atoms with Gasteiger partial charge in [-0.3, -0.25) is 0 Å². The molecule has 1 fully saturated rings. The normalized spacial score (nSPS) is 27.9. The molecule has 13 heavy (non-hydrogen) atoms. The van der Waals surface area contributed by atoms with Crippen molar-refractivity contribution in [1.29, 1.82) is 0 Å². The molecule has 0 radical (unpaired) electrons. The second-order valence-corrected chi connectivity index (χ2v) is 4.90. The number of rotatable bonds is 2. The van der Waals surface area contributed by atoms with E-state index in [2.05, 4.69) is 34.6 Å². The van der Waals surface area contributed by atoms with E-state index >= 15 is 0 Å². The van der Waals surface area contributed by atoms with Crippen LogP contribution in [-0.4, -0.2) is 18.5 Å². The van der Waals surface area contributed by atoms with E-state index in [1.54, 1.807) is 0 Å². The molecule has 1 aliphatic rings. The van der Waals surface area contributed by atoms with E-state index in [4.69, 9.17) is 9.47 Å². The fourth-order valence-electron chi connectivity index (χ4n) is 1.60. The summed E-state index contributed by atoms with van der Waals surface area (Å²) in [5, 5.41) is 0. The highest BCUT2D eigenvalue weighted by molar-refractivity contribution is 4.83. The van der Waals surface area contributed by atoms with Gasteiger partial charge in [0.15, 0.2) is 5.79 Å². The van der Waals surface area contributed by atoms with Gasteiger partial charge in [0, 0.05) is 0 Å². The van der Waals surface area contributed by atoms with Crippen molar-refractivity contribution in [2.24, 2.45) is 5.41 Å². The molecule has 0 amide bonds. The van der Waals surface area contributed by atoms with Crippen molar-refractivity contribution in [3.8, 4) is 0 Å². The SMILES string of the molecule is CCC1(CC)OCC(C(C)(C)C)O1. The highest BCUT2D eigenvalue weighted by Crippen LogP contribution is 2.37. The Morgan fingerprint density at radius 1 is 1.23 bits per heavy atom. The molecule has 0 aromatic carbocycles. The van der Waals surface area contributed by atoms with Crippen LogP contribution in [0.25, 0.3) is 0 Å². The van der Waals surface area contributed by atoms with E-state index in [1.165, 1.54) is 0 Å². The number of ether oxygens (including phenoxy) is 2. The number of hydrogen-bond acceptors (Lipinski definition) is 2. The summed E-state index contributed by atoms with van der Waals surface area (Å²) in [6.45, 7) is 11.6. The highest BCUT2D eigenvalue weighted by Gasteiger charge is 2.42. The summed E-state index contributed by atoms with van der Waals surface area (Å²) in [7, 11) is 0. The zero-order chi connectivity index (χ0) is 10.1. The molecule has 0 bridgehead atoms. The van der Waals surface area contributed by atoms with Gasteiger partial charge in [0.2, 0.25) is 0 Å². The molecule has 0 spiro atoms. The van der Waals surface area contributed by atoms with E-state index in [9.17, 15) is 0 Å². The first kappa shape index (κ1) is 11.0. The molecule has 0 saturated carbocycles. The third-order valence-electron chi connectivity index (χ3n) is 2.90. The Bertz CT molecular complexity index is 165. The zero-order valence-corrected chi connectivity index (χ0v) is 9.52. The van der Waals surface area contributed by atoms with Gasteiger partial charge in [0.05, 0.1) is 12.7 Å². The van der Waals surface area contributed by atoms with Crippen LogP contribution < -0.4 is 0 Å². The van der Waals surface area contributed by atoms with Crippen molar-refractivity contribution in [3.05, 3.63) is 0 Å². The van der Waals surface area contributed by atoms with Gasteiger partial charge in [-0.2, -0.15) is 0 Å². The van der Waals surface area contributed by atoms with Crippen LogP contribution in [0.2, 0.25) is 0 Å². The van der Waals surface area contributed by atoms with E-state index in [0.717, 1.165) is 19.4 Å². The lowest BCUT2D eigenvalue weighted by Gasteiger charge is -2.29. The second kappa shape index (κ2) is 3.58. The summed E-state index contributed by atoms with van der Waals surface area (Å²) in [5.74, 6) is -0.294. The van der Waals surface area contributed by atoms with Crippen LogP contribution in [0.3, 0.4) is 0 Å². The van der Waals surface area contributed by atoms with Gasteiger partial charge in [-0.1, -0.05) is 34.6 Å². The van der Waals surface area contributed by atoms with E-state index in [0.29, 0.717) is 0 Å². The summed E-state index contributed by atoms with van der Waals surface area (Å²) < 4.78 is 11.7. The Morgan fingerprint density at radius 2 is 1.77 bits per heavy atom. The molecule has 0 aromatic rings. The molecule has 1 rings (SSSR count). The van der Waals surface area contributed by atoms with Gasteiger partial charge in [0.25, 0.3) is 0 Å². The quantitative estimate of drug-likeness (QED) is 0.660. The molecule has 0 N–H and O–H groups in total. The summed E-state index contributed by atoms with van der Waals surface area (Å²) >= 11 is 0. The van der Waals surface area contributed by atoms with Gasteiger partial charge in [0.1, 0.15) is 0 Å². The molecule has 1 heterocycles. The molecule has 1 aliphatic heterocycles. The number of hydrogen-bond donors (Lipinski definition) is 0. The van der Waals surface area contributed by atoms with E-state index in [1.807, 2.05) is 0 Å². The molecule has 2 nitrogen and oxygen atoms in total. The maximum Gasteiger partial charge on any atom is 0.168 e. The summed E-state index contributed by atoms with van der Waals surface area (Å²) in [6, 6.07) is 0. The maximum absolute atomic E-state index is 5.99. The molecule has 0 aliphatic carbocycles. The first-order chi connectivity index (χ1) is 5.93. The molecule has 1 unspecified atom stereocenters. The first-order valence-corrected chi connectivity index (χ1v) is 5.25. The molecule has 1 saturated heterocycles. The fourth-order valence-corrected chi connectivity index (χ4v) is 1.60. The lowest BCUT2D eigenvalue weighted by molar-refractivity contribution is -0.181. The van der Waals surface area contributed by atoms with Gasteiger partial charge in [-0.15, -0.1) is 0 Å². The van der Waals surface area contributed by atoms with Crippen LogP contribution in [0.4, 0.5) is 0 Å². The predicted molar refractivity (Wildman–Crippen MR) is 53.6 cm³/mol. The minimum atomic E-state index is -0.294. The lowest BCUT2D eigenvalue weighted by Crippen LogP contribution is -2.33. The van der Waals surface area contributed by atoms with Crippen molar-refractivity contribution in [1.82, 2.24) is 0 Å². The topological polar surface area (TPSA) is 18.5 Å².